The van der Waals surface area contributed by atoms with Crippen LogP contribution in [0.5, 0.6) is 0 Å². The Morgan fingerprint density at radius 2 is 1.72 bits per heavy atom. The summed E-state index contributed by atoms with van der Waals surface area (Å²) < 4.78 is 1.95. The second-order valence-corrected chi connectivity index (χ2v) is 6.96. The maximum Gasteiger partial charge on any atom is 0.189 e. The number of hydrogen-bond donors (Lipinski definition) is 0. The lowest BCUT2D eigenvalue weighted by Crippen LogP contribution is -2.47. The van der Waals surface area contributed by atoms with Gasteiger partial charge in [-0.3, -0.25) is 0 Å². The predicted molar refractivity (Wildman–Crippen MR) is 101 cm³/mol. The minimum Gasteiger partial charge on any atom is -0.353 e. The van der Waals surface area contributed by atoms with Crippen molar-refractivity contribution < 1.29 is 0 Å². The first-order valence-electron chi connectivity index (χ1n) is 8.35. The minimum atomic E-state index is 0.818. The summed E-state index contributed by atoms with van der Waals surface area (Å²) in [5, 5.41) is 5.42. The van der Waals surface area contributed by atoms with Gasteiger partial charge in [0.15, 0.2) is 10.8 Å². The molecule has 25 heavy (non-hydrogen) atoms. The highest BCUT2D eigenvalue weighted by molar-refractivity contribution is 7.98. The Balaban J connectivity index is 1.56. The number of thioether (sulfide) groups is 1. The average molecular weight is 355 g/mol. The van der Waals surface area contributed by atoms with E-state index >= 15 is 0 Å². The molecule has 0 bridgehead atoms. The van der Waals surface area contributed by atoms with E-state index in [9.17, 15) is 0 Å². The Morgan fingerprint density at radius 3 is 2.48 bits per heavy atom. The van der Waals surface area contributed by atoms with E-state index in [2.05, 4.69) is 35.9 Å². The molecule has 0 unspecified atom stereocenters. The number of aryl methyl sites for hydroxylation is 2. The van der Waals surface area contributed by atoms with Gasteiger partial charge in [0.25, 0.3) is 0 Å². The van der Waals surface area contributed by atoms with Gasteiger partial charge in [-0.15, -0.1) is 0 Å². The first kappa shape index (κ1) is 16.1. The smallest absolute Gasteiger partial charge is 0.189 e. The average Bonchev–Trinajstić information content (AvgIpc) is 3.01. The SMILES string of the molecule is CSc1nccc(N2CCN(c3cc(C)nc4cc(C)nn34)CC2)n1. The van der Waals surface area contributed by atoms with Crippen molar-refractivity contribution in [1.29, 1.82) is 0 Å². The molecular weight excluding hydrogens is 334 g/mol. The van der Waals surface area contributed by atoms with Crippen molar-refractivity contribution in [2.24, 2.45) is 0 Å². The summed E-state index contributed by atoms with van der Waals surface area (Å²) in [7, 11) is 0. The third kappa shape index (κ3) is 3.13. The zero-order chi connectivity index (χ0) is 17.4. The summed E-state index contributed by atoms with van der Waals surface area (Å²) in [6.07, 6.45) is 3.84. The number of hydrogen-bond acceptors (Lipinski definition) is 7. The summed E-state index contributed by atoms with van der Waals surface area (Å²) in [5.74, 6) is 2.12. The number of rotatable bonds is 3. The van der Waals surface area contributed by atoms with Crippen LogP contribution in [0.1, 0.15) is 11.4 Å². The highest BCUT2D eigenvalue weighted by atomic mass is 32.2. The van der Waals surface area contributed by atoms with Gasteiger partial charge in [0.1, 0.15) is 11.6 Å². The topological polar surface area (TPSA) is 62.5 Å². The monoisotopic (exact) mass is 355 g/mol. The van der Waals surface area contributed by atoms with Crippen molar-refractivity contribution in [3.63, 3.8) is 0 Å². The number of nitrogens with zero attached hydrogens (tertiary/aromatic N) is 7. The first-order valence-corrected chi connectivity index (χ1v) is 9.57. The molecule has 0 N–H and O–H groups in total. The molecule has 0 amide bonds. The normalized spacial score (nSPS) is 15.2. The van der Waals surface area contributed by atoms with Crippen molar-refractivity contribution >= 4 is 29.0 Å². The number of piperazine rings is 1. The molecule has 0 spiro atoms. The summed E-state index contributed by atoms with van der Waals surface area (Å²) in [4.78, 5) is 18.1. The second-order valence-electron chi connectivity index (χ2n) is 6.19. The lowest BCUT2D eigenvalue weighted by atomic mass is 10.3. The molecule has 0 radical (unpaired) electrons. The van der Waals surface area contributed by atoms with E-state index in [-0.39, 0.29) is 0 Å². The Bertz CT molecular complexity index is 899. The summed E-state index contributed by atoms with van der Waals surface area (Å²) in [6.45, 7) is 7.74. The quantitative estimate of drug-likeness (QED) is 0.527. The van der Waals surface area contributed by atoms with Crippen molar-refractivity contribution in [3.8, 4) is 0 Å². The lowest BCUT2D eigenvalue weighted by Gasteiger charge is -2.36. The number of aromatic nitrogens is 5. The molecule has 1 fully saturated rings. The van der Waals surface area contributed by atoms with E-state index < -0.39 is 0 Å². The van der Waals surface area contributed by atoms with E-state index in [0.717, 1.165) is 60.0 Å². The standard InChI is InChI=1S/C17H21N7S/c1-12-11-16(24-15(19-12)10-13(2)21-24)23-8-6-22(7-9-23)14-4-5-18-17(20-14)25-3/h4-5,10-11H,6-9H2,1-3H3. The Kier molecular flexibility index (Phi) is 4.20. The van der Waals surface area contributed by atoms with Gasteiger partial charge in [0.05, 0.1) is 5.69 Å². The molecule has 1 saturated heterocycles. The molecular formula is C17H21N7S. The van der Waals surface area contributed by atoms with Gasteiger partial charge in [-0.1, -0.05) is 11.8 Å². The third-order valence-corrected chi connectivity index (χ3v) is 4.95. The van der Waals surface area contributed by atoms with Crippen LogP contribution in [-0.2, 0) is 0 Å². The largest absolute Gasteiger partial charge is 0.353 e. The van der Waals surface area contributed by atoms with Gasteiger partial charge < -0.3 is 9.80 Å². The van der Waals surface area contributed by atoms with Crippen molar-refractivity contribution in [2.45, 2.75) is 19.0 Å². The van der Waals surface area contributed by atoms with Crippen LogP contribution in [0.2, 0.25) is 0 Å². The highest BCUT2D eigenvalue weighted by Gasteiger charge is 2.21. The van der Waals surface area contributed by atoms with E-state index in [4.69, 9.17) is 0 Å². The van der Waals surface area contributed by atoms with Crippen LogP contribution in [-0.4, -0.2) is 57.0 Å². The fraction of sp³-hybridized carbons (Fsp3) is 0.412. The molecule has 130 valence electrons. The molecule has 4 rings (SSSR count). The van der Waals surface area contributed by atoms with Crippen molar-refractivity contribution in [2.75, 3.05) is 42.2 Å². The fourth-order valence-electron chi connectivity index (χ4n) is 3.19. The fourth-order valence-corrected chi connectivity index (χ4v) is 3.54. The van der Waals surface area contributed by atoms with E-state index in [1.165, 1.54) is 0 Å². The van der Waals surface area contributed by atoms with Crippen LogP contribution >= 0.6 is 11.8 Å². The van der Waals surface area contributed by atoms with Gasteiger partial charge >= 0.3 is 0 Å². The van der Waals surface area contributed by atoms with Gasteiger partial charge in [-0.25, -0.2) is 15.0 Å². The van der Waals surface area contributed by atoms with Crippen LogP contribution in [0.4, 0.5) is 11.6 Å². The molecule has 1 aliphatic rings. The maximum atomic E-state index is 4.61. The highest BCUT2D eigenvalue weighted by Crippen LogP contribution is 2.22. The molecule has 1 aliphatic heterocycles. The lowest BCUT2D eigenvalue weighted by molar-refractivity contribution is 0.629. The third-order valence-electron chi connectivity index (χ3n) is 4.39. The van der Waals surface area contributed by atoms with Gasteiger partial charge in [0, 0.05) is 50.2 Å². The predicted octanol–water partition coefficient (Wildman–Crippen LogP) is 2.18. The molecule has 0 atom stereocenters. The second kappa shape index (κ2) is 6.51. The van der Waals surface area contributed by atoms with E-state index in [1.54, 1.807) is 11.8 Å². The number of fused-ring (bicyclic) bond motifs is 1. The summed E-state index contributed by atoms with van der Waals surface area (Å²) in [5.41, 5.74) is 2.92. The molecule has 3 aromatic rings. The van der Waals surface area contributed by atoms with Crippen LogP contribution in [0, 0.1) is 13.8 Å². The Hall–Kier alpha value is -2.35. The van der Waals surface area contributed by atoms with Gasteiger partial charge in [-0.2, -0.15) is 9.61 Å². The van der Waals surface area contributed by atoms with Gasteiger partial charge in [0.2, 0.25) is 0 Å². The zero-order valence-corrected chi connectivity index (χ0v) is 15.5. The van der Waals surface area contributed by atoms with Crippen LogP contribution in [0.3, 0.4) is 0 Å². The van der Waals surface area contributed by atoms with Crippen LogP contribution in [0.25, 0.3) is 5.65 Å². The molecule has 4 heterocycles. The number of anilines is 2. The van der Waals surface area contributed by atoms with Gasteiger partial charge in [-0.05, 0) is 26.2 Å². The molecule has 0 aromatic carbocycles. The molecule has 0 saturated carbocycles. The summed E-state index contributed by atoms with van der Waals surface area (Å²) >= 11 is 1.57. The molecule has 8 heteroatoms. The van der Waals surface area contributed by atoms with Crippen molar-refractivity contribution in [1.82, 2.24) is 24.6 Å². The first-order chi connectivity index (χ1) is 12.1. The zero-order valence-electron chi connectivity index (χ0n) is 14.7. The Labute approximate surface area is 151 Å². The van der Waals surface area contributed by atoms with Crippen LogP contribution < -0.4 is 9.80 Å². The molecule has 7 nitrogen and oxygen atoms in total. The molecule has 3 aromatic heterocycles. The van der Waals surface area contributed by atoms with Crippen LogP contribution in [0.15, 0.2) is 29.6 Å². The maximum absolute atomic E-state index is 4.61. The Morgan fingerprint density at radius 1 is 0.960 bits per heavy atom. The van der Waals surface area contributed by atoms with E-state index in [1.807, 2.05) is 42.9 Å². The van der Waals surface area contributed by atoms with E-state index in [0.29, 0.717) is 0 Å². The summed E-state index contributed by atoms with van der Waals surface area (Å²) in [6, 6.07) is 6.13. The minimum absolute atomic E-state index is 0.818. The molecule has 0 aliphatic carbocycles. The van der Waals surface area contributed by atoms with Crippen molar-refractivity contribution in [3.05, 3.63) is 35.8 Å².